The van der Waals surface area contributed by atoms with Crippen molar-refractivity contribution in [3.05, 3.63) is 57.3 Å². The highest BCUT2D eigenvalue weighted by atomic mass is 35.5. The van der Waals surface area contributed by atoms with E-state index in [-0.39, 0.29) is 12.4 Å². The molecule has 0 radical (unpaired) electrons. The van der Waals surface area contributed by atoms with Gasteiger partial charge in [0.15, 0.2) is 0 Å². The molecule has 128 valence electrons. The van der Waals surface area contributed by atoms with Crippen LogP contribution in [0.1, 0.15) is 23.7 Å². The maximum Gasteiger partial charge on any atom is 0.147 e. The summed E-state index contributed by atoms with van der Waals surface area (Å²) in [5, 5.41) is 1.23. The summed E-state index contributed by atoms with van der Waals surface area (Å²) in [6.07, 6.45) is 1.79. The smallest absolute Gasteiger partial charge is 0.147 e. The molecule has 0 saturated heterocycles. The van der Waals surface area contributed by atoms with Gasteiger partial charge >= 0.3 is 0 Å². The van der Waals surface area contributed by atoms with E-state index in [1.54, 1.807) is 12.3 Å². The van der Waals surface area contributed by atoms with Crippen molar-refractivity contribution in [3.8, 4) is 5.75 Å². The van der Waals surface area contributed by atoms with Crippen LogP contribution in [-0.2, 0) is 13.2 Å². The van der Waals surface area contributed by atoms with E-state index in [2.05, 4.69) is 30.3 Å². The summed E-state index contributed by atoms with van der Waals surface area (Å²) in [5.41, 5.74) is 5.34. The molecule has 6 heteroatoms. The molecule has 3 rings (SSSR count). The second-order valence-corrected chi connectivity index (χ2v) is 6.33. The quantitative estimate of drug-likeness (QED) is 0.552. The highest BCUT2D eigenvalue weighted by Crippen LogP contribution is 2.31. The zero-order chi connectivity index (χ0) is 16.6. The predicted octanol–water partition coefficient (Wildman–Crippen LogP) is 5.98. The fourth-order valence-corrected chi connectivity index (χ4v) is 3.28. The molecular weight excluding hydrogens is 367 g/mol. The largest absolute Gasteiger partial charge is 0.487 e. The van der Waals surface area contributed by atoms with Gasteiger partial charge in [0.1, 0.15) is 17.9 Å². The summed E-state index contributed by atoms with van der Waals surface area (Å²) >= 11 is 12.2. The maximum absolute atomic E-state index is 6.22. The molecule has 0 spiro atoms. The molecule has 0 aliphatic rings. The molecule has 0 saturated carbocycles. The van der Waals surface area contributed by atoms with Crippen molar-refractivity contribution in [2.75, 3.05) is 0 Å². The monoisotopic (exact) mass is 384 g/mol. The Morgan fingerprint density at radius 1 is 1.17 bits per heavy atom. The number of aromatic nitrogens is 2. The van der Waals surface area contributed by atoms with Gasteiger partial charge in [-0.2, -0.15) is 0 Å². The van der Waals surface area contributed by atoms with Crippen molar-refractivity contribution in [2.45, 2.75) is 33.9 Å². The van der Waals surface area contributed by atoms with Gasteiger partial charge in [-0.25, -0.2) is 0 Å². The van der Waals surface area contributed by atoms with E-state index in [1.165, 1.54) is 11.3 Å². The minimum absolute atomic E-state index is 0. The lowest BCUT2D eigenvalue weighted by Gasteiger charge is -2.11. The number of fused-ring (bicyclic) bond motifs is 1. The van der Waals surface area contributed by atoms with E-state index in [0.29, 0.717) is 16.7 Å². The zero-order valence-electron chi connectivity index (χ0n) is 13.8. The third-order valence-electron chi connectivity index (χ3n) is 4.17. The molecule has 3 nitrogen and oxygen atoms in total. The Bertz CT molecular complexity index is 874. The first-order valence-electron chi connectivity index (χ1n) is 7.54. The van der Waals surface area contributed by atoms with E-state index < -0.39 is 0 Å². The summed E-state index contributed by atoms with van der Waals surface area (Å²) in [6.45, 7) is 7.60. The van der Waals surface area contributed by atoms with Crippen LogP contribution >= 0.6 is 35.6 Å². The molecule has 0 amide bonds. The van der Waals surface area contributed by atoms with E-state index in [1.807, 2.05) is 18.2 Å². The molecule has 0 atom stereocenters. The van der Waals surface area contributed by atoms with Crippen LogP contribution in [0.15, 0.2) is 30.5 Å². The Morgan fingerprint density at radius 3 is 2.58 bits per heavy atom. The summed E-state index contributed by atoms with van der Waals surface area (Å²) in [5.74, 6) is 0.819. The molecule has 0 aliphatic heterocycles. The summed E-state index contributed by atoms with van der Waals surface area (Å²) in [7, 11) is 0. The van der Waals surface area contributed by atoms with Gasteiger partial charge in [-0.15, -0.1) is 12.4 Å². The first-order chi connectivity index (χ1) is 11.0. The number of hydrogen-bond acceptors (Lipinski definition) is 2. The molecule has 3 aromatic rings. The average Bonchev–Trinajstić information content (AvgIpc) is 2.78. The molecule has 1 aromatic carbocycles. The van der Waals surface area contributed by atoms with Crippen LogP contribution in [0.25, 0.3) is 11.0 Å². The summed E-state index contributed by atoms with van der Waals surface area (Å²) < 4.78 is 8.28. The van der Waals surface area contributed by atoms with Crippen molar-refractivity contribution < 1.29 is 4.74 Å². The first kappa shape index (κ1) is 18.9. The fourth-order valence-electron chi connectivity index (χ4n) is 2.82. The van der Waals surface area contributed by atoms with E-state index in [4.69, 9.17) is 27.9 Å². The molecule has 0 aliphatic carbocycles. The van der Waals surface area contributed by atoms with Crippen LogP contribution in [-0.4, -0.2) is 9.55 Å². The topological polar surface area (TPSA) is 27.1 Å². The third kappa shape index (κ3) is 3.34. The van der Waals surface area contributed by atoms with Gasteiger partial charge < -0.3 is 9.30 Å². The lowest BCUT2D eigenvalue weighted by atomic mass is 10.2. The lowest BCUT2D eigenvalue weighted by Crippen LogP contribution is -2.01. The second kappa shape index (κ2) is 7.64. The Morgan fingerprint density at radius 2 is 1.92 bits per heavy atom. The Kier molecular flexibility index (Phi) is 6.02. The number of pyridine rings is 1. The third-order valence-corrected chi connectivity index (χ3v) is 4.76. The van der Waals surface area contributed by atoms with Crippen LogP contribution in [0.2, 0.25) is 10.0 Å². The number of nitrogens with zero attached hydrogens (tertiary/aromatic N) is 2. The standard InChI is InChI=1S/C18H18Cl2N2O.ClH/c1-4-22-12(3)11(2)17-18(22)16(7-8-21-17)23-10-13-5-6-14(19)9-15(13)20;/h5-9H,4,10H2,1-3H3;1H. The average molecular weight is 386 g/mol. The normalized spacial score (nSPS) is 10.7. The lowest BCUT2D eigenvalue weighted by molar-refractivity contribution is 0.308. The van der Waals surface area contributed by atoms with Gasteiger partial charge in [0.2, 0.25) is 0 Å². The molecule has 0 fully saturated rings. The van der Waals surface area contributed by atoms with Gasteiger partial charge in [-0.1, -0.05) is 29.3 Å². The van der Waals surface area contributed by atoms with Crippen molar-refractivity contribution in [1.82, 2.24) is 9.55 Å². The Hall–Kier alpha value is -1.42. The number of hydrogen-bond donors (Lipinski definition) is 0. The van der Waals surface area contributed by atoms with Gasteiger partial charge in [0, 0.05) is 40.1 Å². The fraction of sp³-hybridized carbons (Fsp3) is 0.278. The van der Waals surface area contributed by atoms with Gasteiger partial charge in [-0.3, -0.25) is 4.98 Å². The van der Waals surface area contributed by atoms with Crippen molar-refractivity contribution >= 4 is 46.6 Å². The zero-order valence-corrected chi connectivity index (χ0v) is 16.1. The highest BCUT2D eigenvalue weighted by Gasteiger charge is 2.15. The minimum atomic E-state index is 0. The van der Waals surface area contributed by atoms with E-state index in [9.17, 15) is 0 Å². The summed E-state index contributed by atoms with van der Waals surface area (Å²) in [6, 6.07) is 7.33. The van der Waals surface area contributed by atoms with Gasteiger partial charge in [0.25, 0.3) is 0 Å². The van der Waals surface area contributed by atoms with Crippen molar-refractivity contribution in [3.63, 3.8) is 0 Å². The van der Waals surface area contributed by atoms with E-state index in [0.717, 1.165) is 28.9 Å². The molecule has 2 aromatic heterocycles. The van der Waals surface area contributed by atoms with Crippen LogP contribution in [0, 0.1) is 13.8 Å². The Labute approximate surface area is 158 Å². The predicted molar refractivity (Wildman–Crippen MR) is 103 cm³/mol. The number of halogens is 3. The van der Waals surface area contributed by atoms with E-state index >= 15 is 0 Å². The number of aryl methyl sites for hydroxylation is 2. The number of rotatable bonds is 4. The van der Waals surface area contributed by atoms with Crippen LogP contribution in [0.3, 0.4) is 0 Å². The SMILES string of the molecule is CCn1c(C)c(C)c2nccc(OCc3ccc(Cl)cc3Cl)c21.Cl. The van der Waals surface area contributed by atoms with Crippen molar-refractivity contribution in [2.24, 2.45) is 0 Å². The number of ether oxygens (including phenoxy) is 1. The van der Waals surface area contributed by atoms with Crippen LogP contribution in [0.4, 0.5) is 0 Å². The highest BCUT2D eigenvalue weighted by molar-refractivity contribution is 6.35. The molecule has 2 heterocycles. The molecular formula is C18H19Cl3N2O. The molecule has 0 unspecified atom stereocenters. The first-order valence-corrected chi connectivity index (χ1v) is 8.29. The number of benzene rings is 1. The van der Waals surface area contributed by atoms with Crippen LogP contribution in [0.5, 0.6) is 5.75 Å². The molecule has 0 bridgehead atoms. The van der Waals surface area contributed by atoms with Crippen molar-refractivity contribution in [1.29, 1.82) is 0 Å². The van der Waals surface area contributed by atoms with Crippen LogP contribution < -0.4 is 4.74 Å². The molecule has 0 N–H and O–H groups in total. The Balaban J connectivity index is 0.00000208. The minimum Gasteiger partial charge on any atom is -0.487 e. The summed E-state index contributed by atoms with van der Waals surface area (Å²) in [4.78, 5) is 4.51. The van der Waals surface area contributed by atoms with Gasteiger partial charge in [-0.05, 0) is 38.5 Å². The maximum atomic E-state index is 6.22. The second-order valence-electron chi connectivity index (χ2n) is 5.49. The molecule has 24 heavy (non-hydrogen) atoms. The van der Waals surface area contributed by atoms with Gasteiger partial charge in [0.05, 0.1) is 5.52 Å².